The van der Waals surface area contributed by atoms with Gasteiger partial charge in [0.05, 0.1) is 5.39 Å². The number of aromatic carboxylic acids is 1. The number of pyridine rings is 1. The second-order valence-electron chi connectivity index (χ2n) is 6.38. The summed E-state index contributed by atoms with van der Waals surface area (Å²) in [6, 6.07) is 1.04. The van der Waals surface area contributed by atoms with Crippen molar-refractivity contribution in [3.05, 3.63) is 33.9 Å². The molecule has 2 aliphatic rings. The van der Waals surface area contributed by atoms with E-state index in [1.807, 2.05) is 0 Å². The van der Waals surface area contributed by atoms with E-state index in [-0.39, 0.29) is 29.6 Å². The van der Waals surface area contributed by atoms with E-state index in [1.54, 1.807) is 17.0 Å². The van der Waals surface area contributed by atoms with Crippen LogP contribution in [0.4, 0.5) is 10.1 Å². The topological polar surface area (TPSA) is 101 Å². The minimum absolute atomic E-state index is 0.0220. The van der Waals surface area contributed by atoms with Crippen LogP contribution in [0.1, 0.15) is 16.8 Å². The lowest BCUT2D eigenvalue weighted by Crippen LogP contribution is -2.40. The van der Waals surface area contributed by atoms with Gasteiger partial charge in [0.15, 0.2) is 18.3 Å². The van der Waals surface area contributed by atoms with Gasteiger partial charge in [-0.1, -0.05) is 0 Å². The van der Waals surface area contributed by atoms with Gasteiger partial charge in [-0.05, 0) is 12.5 Å². The Morgan fingerprint density at radius 3 is 2.88 bits per heavy atom. The fourth-order valence-corrected chi connectivity index (χ4v) is 3.46. The number of hydrogen-bond donors (Lipinski definition) is 2. The first-order valence-corrected chi connectivity index (χ1v) is 7.88. The van der Waals surface area contributed by atoms with Crippen LogP contribution in [0.15, 0.2) is 17.1 Å². The number of aromatic nitrogens is 1. The van der Waals surface area contributed by atoms with E-state index in [0.29, 0.717) is 18.6 Å². The summed E-state index contributed by atoms with van der Waals surface area (Å²) in [7, 11) is 1.69. The fourth-order valence-electron chi connectivity index (χ4n) is 3.46. The van der Waals surface area contributed by atoms with Crippen LogP contribution in [0.25, 0.3) is 10.9 Å². The van der Waals surface area contributed by atoms with Crippen molar-refractivity contribution in [2.24, 2.45) is 5.73 Å². The predicted octanol–water partition coefficient (Wildman–Crippen LogP) is 0.294. The number of nitrogens with zero attached hydrogens (tertiary/aromatic N) is 3. The Balaban J connectivity index is 2.07. The quantitative estimate of drug-likeness (QED) is 0.805. The van der Waals surface area contributed by atoms with Gasteiger partial charge in [-0.15, -0.1) is 0 Å². The maximum atomic E-state index is 14.8. The van der Waals surface area contributed by atoms with Crippen molar-refractivity contribution in [1.82, 2.24) is 4.68 Å². The van der Waals surface area contributed by atoms with Gasteiger partial charge in [0, 0.05) is 32.4 Å². The molecule has 0 unspecified atom stereocenters. The van der Waals surface area contributed by atoms with Gasteiger partial charge in [0.2, 0.25) is 5.43 Å². The molecule has 25 heavy (non-hydrogen) atoms. The highest BCUT2D eigenvalue weighted by Gasteiger charge is 2.31. The minimum Gasteiger partial charge on any atom is -0.477 e. The first-order valence-electron chi connectivity index (χ1n) is 7.88. The highest BCUT2D eigenvalue weighted by molar-refractivity contribution is 5.97. The van der Waals surface area contributed by atoms with E-state index in [4.69, 9.17) is 10.5 Å². The molecule has 0 aliphatic carbocycles. The van der Waals surface area contributed by atoms with Gasteiger partial charge in [-0.3, -0.25) is 14.5 Å². The highest BCUT2D eigenvalue weighted by Crippen LogP contribution is 2.40. The van der Waals surface area contributed by atoms with Gasteiger partial charge in [-0.2, -0.15) is 0 Å². The van der Waals surface area contributed by atoms with Crippen molar-refractivity contribution in [3.8, 4) is 5.75 Å². The number of halogens is 1. The first kappa shape index (κ1) is 15.7. The zero-order valence-electron chi connectivity index (χ0n) is 13.5. The first-order chi connectivity index (χ1) is 11.9. The molecule has 2 aromatic rings. The molecule has 3 heterocycles. The Bertz CT molecular complexity index is 958. The van der Waals surface area contributed by atoms with E-state index >= 15 is 0 Å². The molecule has 4 rings (SSSR count). The van der Waals surface area contributed by atoms with E-state index in [9.17, 15) is 19.1 Å². The summed E-state index contributed by atoms with van der Waals surface area (Å²) < 4.78 is 22.1. The van der Waals surface area contributed by atoms with Gasteiger partial charge in [-0.25, -0.2) is 9.18 Å². The second-order valence-corrected chi connectivity index (χ2v) is 6.38. The molecule has 1 fully saturated rings. The molecule has 0 amide bonds. The van der Waals surface area contributed by atoms with Crippen LogP contribution in [0, 0.1) is 5.82 Å². The molecule has 2 aliphatic heterocycles. The Labute approximate surface area is 141 Å². The van der Waals surface area contributed by atoms with E-state index in [0.717, 1.165) is 12.5 Å². The van der Waals surface area contributed by atoms with E-state index in [2.05, 4.69) is 0 Å². The van der Waals surface area contributed by atoms with Crippen molar-refractivity contribution in [2.45, 2.75) is 12.5 Å². The van der Waals surface area contributed by atoms with Crippen LogP contribution in [0.5, 0.6) is 5.75 Å². The number of anilines is 1. The normalized spacial score (nSPS) is 19.4. The van der Waals surface area contributed by atoms with Crippen LogP contribution in [-0.4, -0.2) is 48.7 Å². The zero-order valence-corrected chi connectivity index (χ0v) is 13.5. The number of ether oxygens (including phenoxy) is 1. The Morgan fingerprint density at radius 1 is 1.48 bits per heavy atom. The monoisotopic (exact) mass is 348 g/mol. The summed E-state index contributed by atoms with van der Waals surface area (Å²) in [5.41, 5.74) is 5.41. The largest absolute Gasteiger partial charge is 0.477 e. The van der Waals surface area contributed by atoms with Gasteiger partial charge >= 0.3 is 5.97 Å². The fraction of sp³-hybridized carbons (Fsp3) is 0.375. The van der Waals surface area contributed by atoms with Crippen LogP contribution in [0.2, 0.25) is 0 Å². The molecule has 0 spiro atoms. The molecule has 8 nitrogen and oxygen atoms in total. The molecule has 0 bridgehead atoms. The third-order valence-corrected chi connectivity index (χ3v) is 4.69. The third-order valence-electron chi connectivity index (χ3n) is 4.69. The average Bonchev–Trinajstić information content (AvgIpc) is 2.98. The lowest BCUT2D eigenvalue weighted by Gasteiger charge is -2.33. The summed E-state index contributed by atoms with van der Waals surface area (Å²) in [5.74, 6) is -1.73. The van der Waals surface area contributed by atoms with Crippen molar-refractivity contribution in [3.63, 3.8) is 0 Å². The maximum absolute atomic E-state index is 14.8. The molecule has 1 aromatic heterocycles. The number of carboxylic acid groups (broad SMARTS) is 1. The second kappa shape index (κ2) is 5.35. The molecular weight excluding hydrogens is 331 g/mol. The SMILES string of the molecule is CN1COc2c(N3CC[C@H](N)C3)c(F)cc3c(=O)c(C(=O)O)cn1c23. The molecule has 0 radical (unpaired) electrons. The molecule has 1 atom stereocenters. The zero-order chi connectivity index (χ0) is 17.9. The minimum atomic E-state index is -1.35. The molecule has 0 saturated carbocycles. The molecule has 9 heteroatoms. The standard InChI is InChI=1S/C16H17FN4O4/c1-19-7-25-15-12-9(14(22)10(16(23)24)6-21(12)19)4-11(17)13(15)20-3-2-8(18)5-20/h4,6,8H,2-3,5,7,18H2,1H3,(H,23,24)/t8-/m0/s1. The van der Waals surface area contributed by atoms with Crippen molar-refractivity contribution in [2.75, 3.05) is 36.8 Å². The van der Waals surface area contributed by atoms with Crippen molar-refractivity contribution in [1.29, 1.82) is 0 Å². The molecule has 132 valence electrons. The number of carbonyl (C=O) groups is 1. The summed E-state index contributed by atoms with van der Waals surface area (Å²) in [4.78, 5) is 25.7. The summed E-state index contributed by atoms with van der Waals surface area (Å²) in [6.07, 6.45) is 1.98. The number of hydrogen-bond acceptors (Lipinski definition) is 6. The number of nitrogens with two attached hydrogens (primary N) is 1. The summed E-state index contributed by atoms with van der Waals surface area (Å²) in [6.45, 7) is 1.18. The molecule has 1 aromatic carbocycles. The smallest absolute Gasteiger partial charge is 0.341 e. The Morgan fingerprint density at radius 2 is 2.24 bits per heavy atom. The predicted molar refractivity (Wildman–Crippen MR) is 89.6 cm³/mol. The Hall–Kier alpha value is -2.81. The lowest BCUT2D eigenvalue weighted by atomic mass is 10.1. The van der Waals surface area contributed by atoms with Crippen LogP contribution in [0.3, 0.4) is 0 Å². The molecule has 3 N–H and O–H groups in total. The number of benzene rings is 1. The van der Waals surface area contributed by atoms with Crippen LogP contribution in [-0.2, 0) is 0 Å². The number of rotatable bonds is 2. The summed E-state index contributed by atoms with van der Waals surface area (Å²) >= 11 is 0. The molecular formula is C16H17FN4O4. The van der Waals surface area contributed by atoms with E-state index in [1.165, 1.54) is 10.9 Å². The highest BCUT2D eigenvalue weighted by atomic mass is 19.1. The van der Waals surface area contributed by atoms with Crippen molar-refractivity contribution < 1.29 is 19.0 Å². The Kier molecular flexibility index (Phi) is 3.36. The van der Waals surface area contributed by atoms with Gasteiger partial charge in [0.1, 0.15) is 16.8 Å². The average molecular weight is 348 g/mol. The van der Waals surface area contributed by atoms with Crippen LogP contribution < -0.4 is 25.8 Å². The van der Waals surface area contributed by atoms with Crippen LogP contribution >= 0.6 is 0 Å². The summed E-state index contributed by atoms with van der Waals surface area (Å²) in [5, 5.41) is 10.9. The van der Waals surface area contributed by atoms with Crippen molar-refractivity contribution >= 4 is 22.6 Å². The third kappa shape index (κ3) is 2.23. The van der Waals surface area contributed by atoms with Gasteiger partial charge in [0.25, 0.3) is 0 Å². The molecule has 1 saturated heterocycles. The van der Waals surface area contributed by atoms with Gasteiger partial charge < -0.3 is 20.5 Å². The lowest BCUT2D eigenvalue weighted by molar-refractivity contribution is 0.0694. The maximum Gasteiger partial charge on any atom is 0.341 e. The van der Waals surface area contributed by atoms with E-state index < -0.39 is 22.8 Å². The number of carboxylic acids is 1.